The number of hydroxylamine groups is 1. The van der Waals surface area contributed by atoms with Gasteiger partial charge >= 0.3 is 0 Å². The highest BCUT2D eigenvalue weighted by atomic mass is 32.2. The van der Waals surface area contributed by atoms with Crippen molar-refractivity contribution in [1.29, 1.82) is 0 Å². The van der Waals surface area contributed by atoms with Crippen molar-refractivity contribution >= 4 is 36.8 Å². The maximum absolute atomic E-state index is 12.2. The van der Waals surface area contributed by atoms with Gasteiger partial charge in [0, 0.05) is 35.5 Å². The van der Waals surface area contributed by atoms with Crippen LogP contribution in [0.2, 0.25) is 0 Å². The van der Waals surface area contributed by atoms with Gasteiger partial charge in [0.2, 0.25) is 0 Å². The highest BCUT2D eigenvalue weighted by Crippen LogP contribution is 2.34. The molecular formula is C33H38N4O8S2. The topological polar surface area (TPSA) is 168 Å². The van der Waals surface area contributed by atoms with Gasteiger partial charge in [0.25, 0.3) is 16.0 Å². The van der Waals surface area contributed by atoms with E-state index in [9.17, 15) is 21.6 Å². The molecule has 0 unspecified atom stereocenters. The lowest BCUT2D eigenvalue weighted by molar-refractivity contribution is -0.131. The van der Waals surface area contributed by atoms with E-state index in [1.807, 2.05) is 37.3 Å². The Hall–Kier alpha value is -4.10. The lowest BCUT2D eigenvalue weighted by Crippen LogP contribution is -2.56. The highest BCUT2D eigenvalue weighted by Gasteiger charge is 2.43. The SMILES string of the molecule is CN(C)C1(c2ccc(C#Cc3ccc4nn(CC[C@](C)(C(=O)NO)S(C)(=O)=O)cc4c3)cc2)COC1.Cc1ccc(S(=O)(=O)O)cc1. The summed E-state index contributed by atoms with van der Waals surface area (Å²) in [5.74, 6) is 5.42. The van der Waals surface area contributed by atoms with Gasteiger partial charge in [-0.1, -0.05) is 41.7 Å². The summed E-state index contributed by atoms with van der Waals surface area (Å²) in [6.45, 7) is 4.67. The Morgan fingerprint density at radius 1 is 1.02 bits per heavy atom. The number of ether oxygens (including phenoxy) is 1. The molecule has 3 N–H and O–H groups in total. The summed E-state index contributed by atoms with van der Waals surface area (Å²) in [5, 5.41) is 14.3. The number of likely N-dealkylation sites (N-methyl/N-ethyl adjacent to an activating group) is 1. The van der Waals surface area contributed by atoms with Crippen molar-refractivity contribution in [1.82, 2.24) is 20.2 Å². The third kappa shape index (κ3) is 8.07. The second-order valence-electron chi connectivity index (χ2n) is 11.9. The first kappa shape index (κ1) is 35.7. The molecule has 5 rings (SSSR count). The van der Waals surface area contributed by atoms with Crippen LogP contribution in [0.1, 0.15) is 35.6 Å². The van der Waals surface area contributed by atoms with Crippen molar-refractivity contribution in [3.05, 3.63) is 95.2 Å². The largest absolute Gasteiger partial charge is 0.377 e. The van der Waals surface area contributed by atoms with Crippen LogP contribution in [0.25, 0.3) is 10.9 Å². The average Bonchev–Trinajstić information content (AvgIpc) is 3.40. The van der Waals surface area contributed by atoms with Crippen LogP contribution in [0.15, 0.2) is 77.8 Å². The Kier molecular flexibility index (Phi) is 10.6. The maximum Gasteiger partial charge on any atom is 0.294 e. The Bertz CT molecular complexity index is 2030. The maximum atomic E-state index is 12.2. The third-order valence-corrected chi connectivity index (χ3v) is 11.3. The molecule has 1 saturated heterocycles. The van der Waals surface area contributed by atoms with Crippen LogP contribution in [0.3, 0.4) is 0 Å². The van der Waals surface area contributed by atoms with E-state index in [2.05, 4.69) is 48.1 Å². The average molecular weight is 683 g/mol. The molecule has 14 heteroatoms. The van der Waals surface area contributed by atoms with Gasteiger partial charge in [0.15, 0.2) is 14.6 Å². The number of hydrogen-bond donors (Lipinski definition) is 3. The molecule has 0 saturated carbocycles. The van der Waals surface area contributed by atoms with Crippen molar-refractivity contribution in [3.63, 3.8) is 0 Å². The second-order valence-corrected chi connectivity index (χ2v) is 15.8. The minimum atomic E-state index is -4.02. The van der Waals surface area contributed by atoms with Crippen molar-refractivity contribution in [2.45, 2.75) is 42.0 Å². The van der Waals surface area contributed by atoms with Crippen LogP contribution in [-0.4, -0.2) is 85.5 Å². The molecule has 250 valence electrons. The molecule has 1 aliphatic rings. The van der Waals surface area contributed by atoms with Crippen LogP contribution >= 0.6 is 0 Å². The molecule has 1 atom stereocenters. The van der Waals surface area contributed by atoms with E-state index < -0.39 is 30.6 Å². The van der Waals surface area contributed by atoms with Gasteiger partial charge in [0.05, 0.1) is 29.2 Å². The Morgan fingerprint density at radius 3 is 2.13 bits per heavy atom. The molecule has 1 fully saturated rings. The monoisotopic (exact) mass is 682 g/mol. The summed E-state index contributed by atoms with van der Waals surface area (Å²) in [6.07, 6.45) is 2.72. The fourth-order valence-corrected chi connectivity index (χ4v) is 6.20. The Labute approximate surface area is 275 Å². The van der Waals surface area contributed by atoms with E-state index in [-0.39, 0.29) is 23.4 Å². The van der Waals surface area contributed by atoms with Crippen LogP contribution in [0.5, 0.6) is 0 Å². The van der Waals surface area contributed by atoms with Gasteiger partial charge in [-0.3, -0.25) is 24.1 Å². The van der Waals surface area contributed by atoms with Gasteiger partial charge in [-0.05, 0) is 82.4 Å². The van der Waals surface area contributed by atoms with Crippen molar-refractivity contribution in [3.8, 4) is 11.8 Å². The van der Waals surface area contributed by atoms with Crippen LogP contribution in [-0.2, 0) is 41.6 Å². The molecule has 1 aromatic heterocycles. The van der Waals surface area contributed by atoms with Gasteiger partial charge < -0.3 is 4.74 Å². The molecule has 0 bridgehead atoms. The minimum Gasteiger partial charge on any atom is -0.377 e. The number of rotatable bonds is 8. The molecule has 1 aliphatic heterocycles. The number of aryl methyl sites for hydroxylation is 2. The molecule has 47 heavy (non-hydrogen) atoms. The van der Waals surface area contributed by atoms with Crippen molar-refractivity contribution < 1.29 is 36.1 Å². The van der Waals surface area contributed by atoms with Crippen molar-refractivity contribution in [2.24, 2.45) is 0 Å². The van der Waals surface area contributed by atoms with Crippen LogP contribution in [0.4, 0.5) is 0 Å². The smallest absolute Gasteiger partial charge is 0.294 e. The summed E-state index contributed by atoms with van der Waals surface area (Å²) in [7, 11) is -3.67. The number of nitrogens with one attached hydrogen (secondary N) is 1. The number of sulfone groups is 1. The normalized spacial score (nSPS) is 15.4. The third-order valence-electron chi connectivity index (χ3n) is 8.40. The molecule has 0 aliphatic carbocycles. The predicted molar refractivity (Wildman–Crippen MR) is 177 cm³/mol. The first-order valence-corrected chi connectivity index (χ1v) is 17.8. The quantitative estimate of drug-likeness (QED) is 0.109. The first-order valence-electron chi connectivity index (χ1n) is 14.5. The highest BCUT2D eigenvalue weighted by molar-refractivity contribution is 7.92. The second kappa shape index (κ2) is 13.9. The lowest BCUT2D eigenvalue weighted by Gasteiger charge is -2.47. The van der Waals surface area contributed by atoms with E-state index in [1.165, 1.54) is 30.1 Å². The molecule has 0 radical (unpaired) electrons. The van der Waals surface area contributed by atoms with Gasteiger partial charge in [-0.15, -0.1) is 0 Å². The number of benzene rings is 3. The molecule has 12 nitrogen and oxygen atoms in total. The fraction of sp³-hybridized carbons (Fsp3) is 0.333. The van der Waals surface area contributed by atoms with Crippen molar-refractivity contribution in [2.75, 3.05) is 33.6 Å². The zero-order chi connectivity index (χ0) is 34.6. The predicted octanol–water partition coefficient (Wildman–Crippen LogP) is 3.16. The first-order chi connectivity index (χ1) is 22.0. The molecule has 3 aromatic carbocycles. The number of hydrogen-bond acceptors (Lipinski definition) is 9. The standard InChI is InChI=1S/C26H30N4O5S.C7H8O3S/c1-25(24(31)28-32,36(4,33)34)13-14-30-16-21-15-20(9-12-23(21)27-30)6-5-19-7-10-22(11-8-19)26(29(2)3)17-35-18-26;1-6-2-4-7(5-3-6)11(8,9)10/h7-12,15-16,32H,13-14,17-18H2,1-4H3,(H,28,31);2-5H,1H3,(H,8,9,10)/t25-;/m1./s1. The zero-order valence-corrected chi connectivity index (χ0v) is 28.4. The number of carbonyl (C=O) groups is 1. The lowest BCUT2D eigenvalue weighted by atomic mass is 9.86. The molecular weight excluding hydrogens is 645 g/mol. The molecule has 2 heterocycles. The van der Waals surface area contributed by atoms with E-state index in [0.717, 1.165) is 33.8 Å². The number of fused-ring (bicyclic) bond motifs is 1. The van der Waals surface area contributed by atoms with Crippen LogP contribution in [0, 0.1) is 18.8 Å². The Morgan fingerprint density at radius 2 is 1.62 bits per heavy atom. The van der Waals surface area contributed by atoms with Gasteiger partial charge in [-0.2, -0.15) is 13.5 Å². The summed E-state index contributed by atoms with van der Waals surface area (Å²) >= 11 is 0. The summed E-state index contributed by atoms with van der Waals surface area (Å²) < 4.78 is 59.2. The molecule has 4 aromatic rings. The number of aromatic nitrogens is 2. The van der Waals surface area contributed by atoms with E-state index in [1.54, 1.807) is 23.0 Å². The van der Waals surface area contributed by atoms with Crippen LogP contribution < -0.4 is 5.48 Å². The summed E-state index contributed by atoms with van der Waals surface area (Å²) in [6, 6.07) is 19.9. The molecule has 0 spiro atoms. The number of nitrogens with zero attached hydrogens (tertiary/aromatic N) is 3. The van der Waals surface area contributed by atoms with E-state index in [0.29, 0.717) is 13.2 Å². The minimum absolute atomic E-state index is 0.0455. The zero-order valence-electron chi connectivity index (χ0n) is 26.8. The van der Waals surface area contributed by atoms with E-state index in [4.69, 9.17) is 14.5 Å². The molecule has 1 amide bonds. The summed E-state index contributed by atoms with van der Waals surface area (Å²) in [5.41, 5.74) is 6.02. The number of carbonyl (C=O) groups excluding carboxylic acids is 1. The number of amides is 1. The van der Waals surface area contributed by atoms with Gasteiger partial charge in [0.1, 0.15) is 0 Å². The van der Waals surface area contributed by atoms with E-state index >= 15 is 0 Å². The van der Waals surface area contributed by atoms with Gasteiger partial charge in [-0.25, -0.2) is 13.9 Å². The summed E-state index contributed by atoms with van der Waals surface area (Å²) in [4.78, 5) is 14.2. The Balaban J connectivity index is 0.000000385. The fourth-order valence-electron chi connectivity index (χ4n) is 4.88.